The first kappa shape index (κ1) is 15.5. The maximum absolute atomic E-state index is 12.9. The molecule has 0 nitrogen and oxygen atoms in total. The molecule has 18 heavy (non-hydrogen) atoms. The molecule has 0 heterocycles. The Bertz CT molecular complexity index is 385. The molecule has 0 radical (unpaired) electrons. The summed E-state index contributed by atoms with van der Waals surface area (Å²) in [5.74, 6) is 0. The second-order valence-corrected chi connectivity index (χ2v) is 5.21. The number of alkyl halides is 4. The molecule has 1 aromatic carbocycles. The van der Waals surface area contributed by atoms with E-state index < -0.39 is 11.0 Å². The van der Waals surface area contributed by atoms with Gasteiger partial charge in [0.2, 0.25) is 0 Å². The SMILES string of the molecule is CCc1cc(CC)c(C(Br)C(F)(F)F)c(CC)c1. The molecular weight excluding hydrogens is 305 g/mol. The van der Waals surface area contributed by atoms with E-state index in [1.54, 1.807) is 0 Å². The van der Waals surface area contributed by atoms with Crippen LogP contribution in [0.5, 0.6) is 0 Å². The van der Waals surface area contributed by atoms with Gasteiger partial charge in [0.25, 0.3) is 0 Å². The van der Waals surface area contributed by atoms with Crippen LogP contribution in [-0.2, 0) is 19.3 Å². The molecule has 0 spiro atoms. The maximum Gasteiger partial charge on any atom is 0.405 e. The van der Waals surface area contributed by atoms with E-state index in [1.165, 1.54) is 0 Å². The molecule has 4 heteroatoms. The van der Waals surface area contributed by atoms with Gasteiger partial charge in [0.1, 0.15) is 4.83 Å². The molecule has 0 aliphatic carbocycles. The number of aryl methyl sites for hydroxylation is 3. The molecule has 0 fully saturated rings. The first-order valence-corrected chi connectivity index (χ1v) is 7.11. The summed E-state index contributed by atoms with van der Waals surface area (Å²) in [7, 11) is 0. The highest BCUT2D eigenvalue weighted by Gasteiger charge is 2.40. The predicted molar refractivity (Wildman–Crippen MR) is 72.3 cm³/mol. The minimum atomic E-state index is -4.25. The van der Waals surface area contributed by atoms with Crippen molar-refractivity contribution >= 4 is 15.9 Å². The van der Waals surface area contributed by atoms with Gasteiger partial charge < -0.3 is 0 Å². The van der Waals surface area contributed by atoms with Gasteiger partial charge >= 0.3 is 6.18 Å². The normalized spacial score (nSPS) is 13.7. The fourth-order valence-electron chi connectivity index (χ4n) is 2.13. The Hall–Kier alpha value is -0.510. The average Bonchev–Trinajstić information content (AvgIpc) is 2.34. The van der Waals surface area contributed by atoms with Gasteiger partial charge in [-0.1, -0.05) is 48.8 Å². The number of hydrogen-bond donors (Lipinski definition) is 0. The Labute approximate surface area is 115 Å². The van der Waals surface area contributed by atoms with Crippen molar-refractivity contribution in [3.63, 3.8) is 0 Å². The average molecular weight is 323 g/mol. The maximum atomic E-state index is 12.9. The lowest BCUT2D eigenvalue weighted by Gasteiger charge is -2.22. The van der Waals surface area contributed by atoms with E-state index in [2.05, 4.69) is 15.9 Å². The van der Waals surface area contributed by atoms with Crippen LogP contribution in [0.3, 0.4) is 0 Å². The highest BCUT2D eigenvalue weighted by molar-refractivity contribution is 9.09. The third-order valence-corrected chi connectivity index (χ3v) is 4.10. The smallest absolute Gasteiger partial charge is 0.169 e. The summed E-state index contributed by atoms with van der Waals surface area (Å²) in [6.45, 7) is 5.81. The minimum Gasteiger partial charge on any atom is -0.169 e. The van der Waals surface area contributed by atoms with Crippen LogP contribution < -0.4 is 0 Å². The van der Waals surface area contributed by atoms with E-state index in [0.29, 0.717) is 18.4 Å². The van der Waals surface area contributed by atoms with Gasteiger partial charge in [-0.15, -0.1) is 0 Å². The van der Waals surface area contributed by atoms with Crippen LogP contribution in [0, 0.1) is 0 Å². The molecule has 0 amide bonds. The van der Waals surface area contributed by atoms with E-state index in [1.807, 2.05) is 32.9 Å². The van der Waals surface area contributed by atoms with Crippen LogP contribution in [0.4, 0.5) is 13.2 Å². The lowest BCUT2D eigenvalue weighted by atomic mass is 9.91. The topological polar surface area (TPSA) is 0 Å². The van der Waals surface area contributed by atoms with Crippen molar-refractivity contribution in [2.24, 2.45) is 0 Å². The highest BCUT2D eigenvalue weighted by Crippen LogP contribution is 2.43. The van der Waals surface area contributed by atoms with Gasteiger partial charge in [0.15, 0.2) is 0 Å². The minimum absolute atomic E-state index is 0.407. The van der Waals surface area contributed by atoms with E-state index in [-0.39, 0.29) is 0 Å². The molecule has 0 bridgehead atoms. The molecule has 1 unspecified atom stereocenters. The Balaban J connectivity index is 3.40. The zero-order valence-corrected chi connectivity index (χ0v) is 12.5. The molecule has 1 aromatic rings. The first-order chi connectivity index (χ1) is 8.35. The van der Waals surface area contributed by atoms with Crippen molar-refractivity contribution in [2.45, 2.75) is 51.0 Å². The van der Waals surface area contributed by atoms with Gasteiger partial charge in [0, 0.05) is 0 Å². The first-order valence-electron chi connectivity index (χ1n) is 6.20. The van der Waals surface area contributed by atoms with Gasteiger partial charge in [-0.05, 0) is 41.5 Å². The molecule has 0 saturated heterocycles. The molecule has 0 saturated carbocycles. The van der Waals surface area contributed by atoms with Crippen molar-refractivity contribution < 1.29 is 13.2 Å². The number of hydrogen-bond acceptors (Lipinski definition) is 0. The van der Waals surface area contributed by atoms with Gasteiger partial charge in [0.05, 0.1) is 0 Å². The van der Waals surface area contributed by atoms with Crippen LogP contribution in [-0.4, -0.2) is 6.18 Å². The van der Waals surface area contributed by atoms with E-state index in [0.717, 1.165) is 23.1 Å². The zero-order valence-electron chi connectivity index (χ0n) is 10.9. The third-order valence-electron chi connectivity index (χ3n) is 3.12. The van der Waals surface area contributed by atoms with E-state index >= 15 is 0 Å². The van der Waals surface area contributed by atoms with Gasteiger partial charge in [-0.3, -0.25) is 0 Å². The van der Waals surface area contributed by atoms with Gasteiger partial charge in [-0.2, -0.15) is 13.2 Å². The fraction of sp³-hybridized carbons (Fsp3) is 0.571. The Morgan fingerprint density at radius 3 is 1.72 bits per heavy atom. The predicted octanol–water partition coefficient (Wildman–Crippen LogP) is 5.37. The summed E-state index contributed by atoms with van der Waals surface area (Å²) in [5.41, 5.74) is 3.11. The summed E-state index contributed by atoms with van der Waals surface area (Å²) in [6, 6.07) is 3.79. The molecule has 102 valence electrons. The highest BCUT2D eigenvalue weighted by atomic mass is 79.9. The lowest BCUT2D eigenvalue weighted by Crippen LogP contribution is -2.18. The Kier molecular flexibility index (Phi) is 5.26. The summed E-state index contributed by atoms with van der Waals surface area (Å²) >= 11 is 2.81. The lowest BCUT2D eigenvalue weighted by molar-refractivity contribution is -0.128. The quantitative estimate of drug-likeness (QED) is 0.653. The molecule has 0 aromatic heterocycles. The standard InChI is InChI=1S/C14H18BrF3/c1-4-9-7-10(5-2)12(11(6-3)8-9)13(15)14(16,17)18/h7-8,13H,4-6H2,1-3H3. The zero-order chi connectivity index (χ0) is 13.9. The monoisotopic (exact) mass is 322 g/mol. The van der Waals surface area contributed by atoms with Gasteiger partial charge in [-0.25, -0.2) is 0 Å². The number of halogens is 4. The second-order valence-electron chi connectivity index (χ2n) is 4.29. The molecule has 0 aliphatic heterocycles. The van der Waals surface area contributed by atoms with Crippen LogP contribution in [0.15, 0.2) is 12.1 Å². The molecule has 1 atom stereocenters. The van der Waals surface area contributed by atoms with Crippen LogP contribution >= 0.6 is 15.9 Å². The number of benzene rings is 1. The van der Waals surface area contributed by atoms with Crippen molar-refractivity contribution in [3.8, 4) is 0 Å². The van der Waals surface area contributed by atoms with Crippen molar-refractivity contribution in [3.05, 3.63) is 34.4 Å². The second kappa shape index (κ2) is 6.09. The molecule has 1 rings (SSSR count). The summed E-state index contributed by atoms with van der Waals surface area (Å²) in [5, 5.41) is 0. The van der Waals surface area contributed by atoms with E-state index in [9.17, 15) is 13.2 Å². The van der Waals surface area contributed by atoms with Crippen LogP contribution in [0.25, 0.3) is 0 Å². The third kappa shape index (κ3) is 3.28. The van der Waals surface area contributed by atoms with Crippen LogP contribution in [0.2, 0.25) is 0 Å². The summed E-state index contributed by atoms with van der Waals surface area (Å²) in [4.78, 5) is -1.57. The molecule has 0 N–H and O–H groups in total. The Morgan fingerprint density at radius 1 is 1.00 bits per heavy atom. The van der Waals surface area contributed by atoms with Crippen LogP contribution in [0.1, 0.15) is 47.9 Å². The largest absolute Gasteiger partial charge is 0.405 e. The molecular formula is C14H18BrF3. The van der Waals surface area contributed by atoms with Crippen molar-refractivity contribution in [1.29, 1.82) is 0 Å². The van der Waals surface area contributed by atoms with E-state index in [4.69, 9.17) is 0 Å². The molecule has 0 aliphatic rings. The summed E-state index contributed by atoms with van der Waals surface area (Å²) in [6.07, 6.45) is -2.16. The fourth-order valence-corrected chi connectivity index (χ4v) is 2.72. The van der Waals surface area contributed by atoms with Crippen molar-refractivity contribution in [2.75, 3.05) is 0 Å². The Morgan fingerprint density at radius 2 is 1.44 bits per heavy atom. The van der Waals surface area contributed by atoms with Crippen molar-refractivity contribution in [1.82, 2.24) is 0 Å². The summed E-state index contributed by atoms with van der Waals surface area (Å²) < 4.78 is 38.7. The number of rotatable bonds is 4.